The summed E-state index contributed by atoms with van der Waals surface area (Å²) < 4.78 is 42.9. The van der Waals surface area contributed by atoms with Gasteiger partial charge in [-0.25, -0.2) is 4.98 Å². The number of pyridine rings is 1. The van der Waals surface area contributed by atoms with Crippen LogP contribution in [0.25, 0.3) is 11.7 Å². The topological polar surface area (TPSA) is 55.6 Å². The highest BCUT2D eigenvalue weighted by atomic mass is 35.5. The van der Waals surface area contributed by atoms with Gasteiger partial charge in [-0.3, -0.25) is 9.20 Å². The molecule has 0 bridgehead atoms. The van der Waals surface area contributed by atoms with Gasteiger partial charge in [-0.1, -0.05) is 35.9 Å². The van der Waals surface area contributed by atoms with E-state index in [4.69, 9.17) is 11.6 Å². The van der Waals surface area contributed by atoms with Crippen molar-refractivity contribution in [2.75, 3.05) is 0 Å². The number of amides is 1. The maximum Gasteiger partial charge on any atom is 0.573 e. The van der Waals surface area contributed by atoms with Crippen molar-refractivity contribution in [2.45, 2.75) is 12.9 Å². The van der Waals surface area contributed by atoms with E-state index in [9.17, 15) is 18.0 Å². The molecular formula is C18H13ClF3N3O2. The van der Waals surface area contributed by atoms with Crippen molar-refractivity contribution in [1.82, 2.24) is 14.7 Å². The SMILES string of the molecule is O=C(/C=C/c1c(Cl)nc2ccccn12)NCc1ccccc1OC(F)(F)F. The third-order valence-electron chi connectivity index (χ3n) is 3.57. The van der Waals surface area contributed by atoms with Gasteiger partial charge in [-0.05, 0) is 24.3 Å². The number of carbonyl (C=O) groups is 1. The molecule has 3 aromatic rings. The predicted molar refractivity (Wildman–Crippen MR) is 94.2 cm³/mol. The molecule has 0 radical (unpaired) electrons. The Morgan fingerprint density at radius 1 is 1.22 bits per heavy atom. The van der Waals surface area contributed by atoms with E-state index in [-0.39, 0.29) is 23.0 Å². The van der Waals surface area contributed by atoms with Crippen LogP contribution in [-0.2, 0) is 11.3 Å². The summed E-state index contributed by atoms with van der Waals surface area (Å²) in [6, 6.07) is 11.0. The number of hydrogen-bond donors (Lipinski definition) is 1. The fraction of sp³-hybridized carbons (Fsp3) is 0.111. The van der Waals surface area contributed by atoms with Crippen LogP contribution in [0.15, 0.2) is 54.7 Å². The fourth-order valence-corrected chi connectivity index (χ4v) is 2.65. The number of alkyl halides is 3. The van der Waals surface area contributed by atoms with Gasteiger partial charge in [0.15, 0.2) is 5.15 Å². The Labute approximate surface area is 157 Å². The number of hydrogen-bond acceptors (Lipinski definition) is 3. The van der Waals surface area contributed by atoms with E-state index in [0.29, 0.717) is 11.3 Å². The van der Waals surface area contributed by atoms with Crippen molar-refractivity contribution in [3.63, 3.8) is 0 Å². The molecule has 0 spiro atoms. The van der Waals surface area contributed by atoms with Crippen molar-refractivity contribution in [1.29, 1.82) is 0 Å². The first-order chi connectivity index (χ1) is 12.8. The average molecular weight is 396 g/mol. The number of nitrogens with one attached hydrogen (secondary N) is 1. The van der Waals surface area contributed by atoms with E-state index in [0.717, 1.165) is 0 Å². The minimum absolute atomic E-state index is 0.129. The lowest BCUT2D eigenvalue weighted by molar-refractivity contribution is -0.274. The lowest BCUT2D eigenvalue weighted by Gasteiger charge is -2.13. The van der Waals surface area contributed by atoms with Crippen LogP contribution in [0.2, 0.25) is 5.15 Å². The van der Waals surface area contributed by atoms with Crippen LogP contribution in [0, 0.1) is 0 Å². The Morgan fingerprint density at radius 3 is 2.74 bits per heavy atom. The van der Waals surface area contributed by atoms with Crippen molar-refractivity contribution >= 4 is 29.2 Å². The van der Waals surface area contributed by atoms with Crippen LogP contribution >= 0.6 is 11.6 Å². The molecule has 5 nitrogen and oxygen atoms in total. The fourth-order valence-electron chi connectivity index (χ4n) is 2.41. The summed E-state index contributed by atoms with van der Waals surface area (Å²) >= 11 is 6.07. The molecule has 0 atom stereocenters. The summed E-state index contributed by atoms with van der Waals surface area (Å²) in [5.74, 6) is -0.863. The lowest BCUT2D eigenvalue weighted by Crippen LogP contribution is -2.22. The number of nitrogens with zero attached hydrogens (tertiary/aromatic N) is 2. The second kappa shape index (κ2) is 7.71. The molecule has 9 heteroatoms. The summed E-state index contributed by atoms with van der Waals surface area (Å²) in [7, 11) is 0. The summed E-state index contributed by atoms with van der Waals surface area (Å²) in [6.07, 6.45) is -0.346. The highest BCUT2D eigenvalue weighted by Gasteiger charge is 2.31. The van der Waals surface area contributed by atoms with Crippen LogP contribution in [0.3, 0.4) is 0 Å². The first-order valence-corrected chi connectivity index (χ1v) is 8.13. The van der Waals surface area contributed by atoms with Gasteiger partial charge in [0.25, 0.3) is 0 Å². The average Bonchev–Trinajstić information content (AvgIpc) is 2.93. The maximum absolute atomic E-state index is 12.4. The van der Waals surface area contributed by atoms with E-state index in [1.165, 1.54) is 30.4 Å². The molecule has 0 aliphatic rings. The standard InChI is InChI=1S/C18H13ClF3N3O2/c19-17-13(25-10-4-3-7-15(25)24-17)8-9-16(26)23-11-12-5-1-2-6-14(12)27-18(20,21)22/h1-10H,11H2,(H,23,26)/b9-8+. The smallest absolute Gasteiger partial charge is 0.405 e. The van der Waals surface area contributed by atoms with Crippen LogP contribution in [0.4, 0.5) is 13.2 Å². The van der Waals surface area contributed by atoms with Crippen LogP contribution in [-0.4, -0.2) is 21.7 Å². The minimum Gasteiger partial charge on any atom is -0.405 e. The van der Waals surface area contributed by atoms with Crippen LogP contribution < -0.4 is 10.1 Å². The minimum atomic E-state index is -4.81. The predicted octanol–water partition coefficient (Wildman–Crippen LogP) is 4.22. The van der Waals surface area contributed by atoms with Gasteiger partial charge >= 0.3 is 6.36 Å². The molecule has 3 rings (SSSR count). The van der Waals surface area contributed by atoms with Gasteiger partial charge in [0.1, 0.15) is 11.4 Å². The quantitative estimate of drug-likeness (QED) is 0.658. The summed E-state index contributed by atoms with van der Waals surface area (Å²) in [5.41, 5.74) is 1.34. The highest BCUT2D eigenvalue weighted by Crippen LogP contribution is 2.26. The zero-order valence-electron chi connectivity index (χ0n) is 13.7. The largest absolute Gasteiger partial charge is 0.573 e. The number of fused-ring (bicyclic) bond motifs is 1. The number of benzene rings is 1. The van der Waals surface area contributed by atoms with Gasteiger partial charge in [-0.15, -0.1) is 13.2 Å². The second-order valence-electron chi connectivity index (χ2n) is 5.42. The van der Waals surface area contributed by atoms with E-state index in [2.05, 4.69) is 15.0 Å². The van der Waals surface area contributed by atoms with E-state index in [1.54, 1.807) is 34.9 Å². The maximum atomic E-state index is 12.4. The zero-order valence-corrected chi connectivity index (χ0v) is 14.5. The van der Waals surface area contributed by atoms with Gasteiger partial charge in [0.2, 0.25) is 5.91 Å². The molecule has 1 aromatic carbocycles. The normalized spacial score (nSPS) is 11.9. The Hall–Kier alpha value is -3.00. The number of ether oxygens (including phenoxy) is 1. The molecule has 0 aliphatic heterocycles. The molecule has 0 unspecified atom stereocenters. The number of imidazole rings is 1. The van der Waals surface area contributed by atoms with Crippen molar-refractivity contribution in [3.05, 3.63) is 71.1 Å². The first kappa shape index (κ1) is 18.8. The first-order valence-electron chi connectivity index (χ1n) is 7.75. The molecule has 140 valence electrons. The number of aromatic nitrogens is 2. The number of halogens is 4. The Morgan fingerprint density at radius 2 is 1.96 bits per heavy atom. The van der Waals surface area contributed by atoms with Gasteiger partial charge < -0.3 is 10.1 Å². The number of para-hydroxylation sites is 1. The third-order valence-corrected chi connectivity index (χ3v) is 3.84. The summed E-state index contributed by atoms with van der Waals surface area (Å²) in [6.45, 7) is -0.129. The van der Waals surface area contributed by atoms with Crippen molar-refractivity contribution in [3.8, 4) is 5.75 Å². The van der Waals surface area contributed by atoms with E-state index >= 15 is 0 Å². The Bertz CT molecular complexity index is 999. The summed E-state index contributed by atoms with van der Waals surface area (Å²) in [5, 5.41) is 2.74. The second-order valence-corrected chi connectivity index (χ2v) is 5.78. The molecule has 2 heterocycles. The van der Waals surface area contributed by atoms with Gasteiger partial charge in [-0.2, -0.15) is 0 Å². The van der Waals surface area contributed by atoms with Crippen molar-refractivity contribution in [2.24, 2.45) is 0 Å². The van der Waals surface area contributed by atoms with Crippen molar-refractivity contribution < 1.29 is 22.7 Å². The number of carbonyl (C=O) groups excluding carboxylic acids is 1. The number of rotatable bonds is 5. The van der Waals surface area contributed by atoms with E-state index in [1.807, 2.05) is 0 Å². The zero-order chi connectivity index (χ0) is 19.4. The molecule has 2 aromatic heterocycles. The van der Waals surface area contributed by atoms with Gasteiger partial charge in [0.05, 0.1) is 5.69 Å². The Balaban J connectivity index is 1.68. The molecule has 0 saturated heterocycles. The highest BCUT2D eigenvalue weighted by molar-refractivity contribution is 6.31. The van der Waals surface area contributed by atoms with E-state index < -0.39 is 12.3 Å². The molecule has 1 amide bonds. The molecule has 0 saturated carbocycles. The lowest BCUT2D eigenvalue weighted by atomic mass is 10.2. The van der Waals surface area contributed by atoms with Gasteiger partial charge in [0, 0.05) is 24.4 Å². The molecular weight excluding hydrogens is 383 g/mol. The Kier molecular flexibility index (Phi) is 5.36. The third kappa shape index (κ3) is 4.79. The van der Waals surface area contributed by atoms with Crippen LogP contribution in [0.1, 0.15) is 11.3 Å². The molecule has 1 N–H and O–H groups in total. The van der Waals surface area contributed by atoms with Crippen LogP contribution in [0.5, 0.6) is 5.75 Å². The monoisotopic (exact) mass is 395 g/mol. The molecule has 0 aliphatic carbocycles. The molecule has 0 fully saturated rings. The molecule has 27 heavy (non-hydrogen) atoms. The summed E-state index contributed by atoms with van der Waals surface area (Å²) in [4.78, 5) is 16.2.